The lowest BCUT2D eigenvalue weighted by molar-refractivity contribution is -0.118. The molecule has 146 valence electrons. The molecule has 0 heterocycles. The lowest BCUT2D eigenvalue weighted by atomic mass is 9.93. The van der Waals surface area contributed by atoms with Crippen molar-refractivity contribution in [2.45, 2.75) is 52.6 Å². The van der Waals surface area contributed by atoms with E-state index in [9.17, 15) is 4.79 Å². The Bertz CT molecular complexity index is 738. The van der Waals surface area contributed by atoms with Crippen molar-refractivity contribution in [3.05, 3.63) is 59.7 Å². The number of para-hydroxylation sites is 2. The van der Waals surface area contributed by atoms with Crippen LogP contribution in [0, 0.1) is 5.92 Å². The van der Waals surface area contributed by atoms with Gasteiger partial charge in [0.1, 0.15) is 5.75 Å². The van der Waals surface area contributed by atoms with E-state index in [1.807, 2.05) is 31.2 Å². The van der Waals surface area contributed by atoms with Gasteiger partial charge in [-0.05, 0) is 42.0 Å². The number of nitrogens with one attached hydrogen (secondary N) is 2. The van der Waals surface area contributed by atoms with E-state index >= 15 is 0 Å². The van der Waals surface area contributed by atoms with Gasteiger partial charge in [-0.25, -0.2) is 0 Å². The average Bonchev–Trinajstić information content (AvgIpc) is 2.66. The zero-order valence-corrected chi connectivity index (χ0v) is 17.2. The van der Waals surface area contributed by atoms with E-state index in [2.05, 4.69) is 62.6 Å². The molecule has 0 unspecified atom stereocenters. The van der Waals surface area contributed by atoms with Gasteiger partial charge in [0.05, 0.1) is 18.8 Å². The Labute approximate surface area is 163 Å². The fraction of sp³-hybridized carbons (Fsp3) is 0.435. The van der Waals surface area contributed by atoms with Gasteiger partial charge in [0.15, 0.2) is 0 Å². The summed E-state index contributed by atoms with van der Waals surface area (Å²) < 4.78 is 5.31. The Morgan fingerprint density at radius 1 is 0.889 bits per heavy atom. The standard InChI is InChI=1S/C23H32N2O2/c1-15(2)18-11-13-19(14-12-18)22(16(3)4)24-17(5)23(26)25-20-9-7-8-10-21(20)27-6/h7-17,22,24H,1-6H3,(H,25,26)/t17-,22+/m0/s1. The number of ether oxygens (including phenoxy) is 1. The third kappa shape index (κ3) is 5.57. The number of amides is 1. The van der Waals surface area contributed by atoms with Crippen LogP contribution >= 0.6 is 0 Å². The molecule has 0 fully saturated rings. The Morgan fingerprint density at radius 3 is 2.04 bits per heavy atom. The second kappa shape index (κ2) is 9.56. The van der Waals surface area contributed by atoms with Crippen molar-refractivity contribution in [1.29, 1.82) is 0 Å². The number of hydrogen-bond acceptors (Lipinski definition) is 3. The summed E-state index contributed by atoms with van der Waals surface area (Å²) in [6.07, 6.45) is 0. The van der Waals surface area contributed by atoms with Crippen molar-refractivity contribution in [1.82, 2.24) is 5.32 Å². The lowest BCUT2D eigenvalue weighted by Gasteiger charge is -2.27. The highest BCUT2D eigenvalue weighted by molar-refractivity contribution is 5.95. The van der Waals surface area contributed by atoms with E-state index in [4.69, 9.17) is 4.74 Å². The van der Waals surface area contributed by atoms with Crippen LogP contribution in [0.25, 0.3) is 0 Å². The summed E-state index contributed by atoms with van der Waals surface area (Å²) in [7, 11) is 1.60. The number of rotatable bonds is 8. The molecule has 2 N–H and O–H groups in total. The highest BCUT2D eigenvalue weighted by atomic mass is 16.5. The molecule has 0 spiro atoms. The Morgan fingerprint density at radius 2 is 1.48 bits per heavy atom. The zero-order valence-electron chi connectivity index (χ0n) is 17.2. The van der Waals surface area contributed by atoms with Crippen LogP contribution in [0.1, 0.15) is 57.7 Å². The maximum Gasteiger partial charge on any atom is 0.241 e. The molecule has 2 atom stereocenters. The quantitative estimate of drug-likeness (QED) is 0.679. The summed E-state index contributed by atoms with van der Waals surface area (Å²) in [5.41, 5.74) is 3.20. The molecule has 0 radical (unpaired) electrons. The molecule has 0 bridgehead atoms. The summed E-state index contributed by atoms with van der Waals surface area (Å²) >= 11 is 0. The van der Waals surface area contributed by atoms with Crippen LogP contribution in [-0.4, -0.2) is 19.1 Å². The van der Waals surface area contributed by atoms with E-state index in [1.165, 1.54) is 11.1 Å². The molecule has 2 aromatic rings. The summed E-state index contributed by atoms with van der Waals surface area (Å²) in [6.45, 7) is 10.6. The van der Waals surface area contributed by atoms with Crippen LogP contribution in [0.3, 0.4) is 0 Å². The number of anilines is 1. The van der Waals surface area contributed by atoms with E-state index in [0.29, 0.717) is 23.3 Å². The van der Waals surface area contributed by atoms with E-state index in [0.717, 1.165) is 0 Å². The van der Waals surface area contributed by atoms with Crippen LogP contribution in [0.2, 0.25) is 0 Å². The van der Waals surface area contributed by atoms with Gasteiger partial charge in [-0.2, -0.15) is 0 Å². The summed E-state index contributed by atoms with van der Waals surface area (Å²) in [5.74, 6) is 1.44. The van der Waals surface area contributed by atoms with Gasteiger partial charge >= 0.3 is 0 Å². The molecule has 0 aliphatic heterocycles. The molecule has 2 rings (SSSR count). The summed E-state index contributed by atoms with van der Waals surface area (Å²) in [6, 6.07) is 15.9. The topological polar surface area (TPSA) is 50.4 Å². The third-order valence-corrected chi connectivity index (χ3v) is 4.82. The molecule has 0 aromatic heterocycles. The zero-order chi connectivity index (χ0) is 20.0. The van der Waals surface area contributed by atoms with Crippen LogP contribution in [0.5, 0.6) is 5.75 Å². The van der Waals surface area contributed by atoms with Crippen LogP contribution < -0.4 is 15.4 Å². The molecule has 1 amide bonds. The minimum Gasteiger partial charge on any atom is -0.495 e. The maximum atomic E-state index is 12.7. The van der Waals surface area contributed by atoms with Gasteiger partial charge < -0.3 is 10.1 Å². The molecule has 2 aromatic carbocycles. The predicted molar refractivity (Wildman–Crippen MR) is 112 cm³/mol. The Balaban J connectivity index is 2.09. The summed E-state index contributed by atoms with van der Waals surface area (Å²) in [4.78, 5) is 12.7. The minimum absolute atomic E-state index is 0.0797. The van der Waals surface area contributed by atoms with Gasteiger partial charge in [0.25, 0.3) is 0 Å². The molecular weight excluding hydrogens is 336 g/mol. The van der Waals surface area contributed by atoms with Crippen molar-refractivity contribution in [3.8, 4) is 5.75 Å². The minimum atomic E-state index is -0.341. The molecule has 0 saturated heterocycles. The smallest absolute Gasteiger partial charge is 0.241 e. The largest absolute Gasteiger partial charge is 0.495 e. The second-order valence-corrected chi connectivity index (χ2v) is 7.62. The SMILES string of the molecule is COc1ccccc1NC(=O)[C@H](C)N[C@@H](c1ccc(C(C)C)cc1)C(C)C. The lowest BCUT2D eigenvalue weighted by Crippen LogP contribution is -2.41. The van der Waals surface area contributed by atoms with Crippen molar-refractivity contribution < 1.29 is 9.53 Å². The van der Waals surface area contributed by atoms with Crippen molar-refractivity contribution in [2.24, 2.45) is 5.92 Å². The maximum absolute atomic E-state index is 12.7. The van der Waals surface area contributed by atoms with Gasteiger partial charge in [0.2, 0.25) is 5.91 Å². The van der Waals surface area contributed by atoms with Crippen LogP contribution in [0.4, 0.5) is 5.69 Å². The Hall–Kier alpha value is -2.33. The van der Waals surface area contributed by atoms with Gasteiger partial charge in [-0.1, -0.05) is 64.1 Å². The molecule has 0 saturated carbocycles. The molecule has 0 aliphatic rings. The first-order valence-electron chi connectivity index (χ1n) is 9.63. The number of carbonyl (C=O) groups is 1. The molecule has 4 nitrogen and oxygen atoms in total. The van der Waals surface area contributed by atoms with Crippen molar-refractivity contribution in [3.63, 3.8) is 0 Å². The van der Waals surface area contributed by atoms with Crippen molar-refractivity contribution >= 4 is 11.6 Å². The van der Waals surface area contributed by atoms with Crippen molar-refractivity contribution in [2.75, 3.05) is 12.4 Å². The number of methoxy groups -OCH3 is 1. The monoisotopic (exact) mass is 368 g/mol. The van der Waals surface area contributed by atoms with E-state index < -0.39 is 0 Å². The molecule has 4 heteroatoms. The number of hydrogen-bond donors (Lipinski definition) is 2. The predicted octanol–water partition coefficient (Wildman–Crippen LogP) is 5.13. The summed E-state index contributed by atoms with van der Waals surface area (Å²) in [5, 5.41) is 6.44. The van der Waals surface area contributed by atoms with Gasteiger partial charge in [-0.15, -0.1) is 0 Å². The fourth-order valence-electron chi connectivity index (χ4n) is 3.10. The number of carbonyl (C=O) groups excluding carboxylic acids is 1. The fourth-order valence-corrected chi connectivity index (χ4v) is 3.10. The molecule has 0 aliphatic carbocycles. The van der Waals surface area contributed by atoms with Crippen LogP contribution in [0.15, 0.2) is 48.5 Å². The first-order valence-corrected chi connectivity index (χ1v) is 9.63. The highest BCUT2D eigenvalue weighted by Crippen LogP contribution is 2.26. The van der Waals surface area contributed by atoms with E-state index in [-0.39, 0.29) is 18.0 Å². The normalized spacial score (nSPS) is 13.5. The highest BCUT2D eigenvalue weighted by Gasteiger charge is 2.22. The molecular formula is C23H32N2O2. The average molecular weight is 369 g/mol. The second-order valence-electron chi connectivity index (χ2n) is 7.62. The third-order valence-electron chi connectivity index (χ3n) is 4.82. The first kappa shape index (κ1) is 21.0. The van der Waals surface area contributed by atoms with Gasteiger partial charge in [-0.3, -0.25) is 10.1 Å². The van der Waals surface area contributed by atoms with E-state index in [1.54, 1.807) is 7.11 Å². The van der Waals surface area contributed by atoms with Crippen LogP contribution in [-0.2, 0) is 4.79 Å². The number of benzene rings is 2. The Kier molecular flexibility index (Phi) is 7.43. The first-order chi connectivity index (χ1) is 12.8. The molecule has 27 heavy (non-hydrogen) atoms. The van der Waals surface area contributed by atoms with Gasteiger partial charge in [0, 0.05) is 6.04 Å².